The maximum absolute atomic E-state index is 11.6. The van der Waals surface area contributed by atoms with E-state index >= 15 is 0 Å². The highest BCUT2D eigenvalue weighted by Crippen LogP contribution is 2.15. The van der Waals surface area contributed by atoms with Crippen molar-refractivity contribution in [3.8, 4) is 0 Å². The lowest BCUT2D eigenvalue weighted by atomic mass is 10.1. The van der Waals surface area contributed by atoms with E-state index in [-0.39, 0.29) is 12.4 Å². The summed E-state index contributed by atoms with van der Waals surface area (Å²) in [6.45, 7) is 0.221. The number of hydrogen-bond acceptors (Lipinski definition) is 5. The van der Waals surface area contributed by atoms with Gasteiger partial charge in [0.1, 0.15) is 5.69 Å². The molecule has 0 saturated carbocycles. The first-order chi connectivity index (χ1) is 9.74. The normalized spacial score (nSPS) is 10.5. The van der Waals surface area contributed by atoms with Crippen molar-refractivity contribution in [1.82, 2.24) is 4.98 Å². The number of nitrogens with zero attached hydrogens (tertiary/aromatic N) is 1. The van der Waals surface area contributed by atoms with Crippen LogP contribution < -0.4 is 0 Å². The zero-order valence-corrected chi connectivity index (χ0v) is 11.6. The van der Waals surface area contributed by atoms with E-state index in [2.05, 4.69) is 9.72 Å². The van der Waals surface area contributed by atoms with E-state index in [1.54, 1.807) is 7.11 Å². The lowest BCUT2D eigenvalue weighted by Gasteiger charge is -1.97. The number of benzene rings is 1. The minimum atomic E-state index is -0.532. The van der Waals surface area contributed by atoms with Crippen LogP contribution in [0.25, 0.3) is 0 Å². The molecule has 0 saturated heterocycles. The van der Waals surface area contributed by atoms with Crippen molar-refractivity contribution in [2.45, 2.75) is 19.4 Å². The molecule has 106 valence electrons. The van der Waals surface area contributed by atoms with E-state index in [9.17, 15) is 4.79 Å². The molecule has 0 bridgehead atoms. The molecule has 5 nitrogen and oxygen atoms in total. The molecule has 0 aliphatic carbocycles. The van der Waals surface area contributed by atoms with Gasteiger partial charge in [0.25, 0.3) is 0 Å². The number of methoxy groups -OCH3 is 2. The van der Waals surface area contributed by atoms with E-state index in [1.807, 2.05) is 30.3 Å². The Hall–Kier alpha value is -2.14. The van der Waals surface area contributed by atoms with Crippen molar-refractivity contribution in [1.29, 1.82) is 0 Å². The highest BCUT2D eigenvalue weighted by atomic mass is 16.5. The Bertz CT molecular complexity index is 563. The number of esters is 1. The molecule has 0 radical (unpaired) electrons. The Labute approximate surface area is 117 Å². The van der Waals surface area contributed by atoms with Crippen LogP contribution in [0.5, 0.6) is 0 Å². The summed E-state index contributed by atoms with van der Waals surface area (Å²) in [7, 11) is 2.85. The minimum Gasteiger partial charge on any atom is -0.463 e. The van der Waals surface area contributed by atoms with E-state index in [0.29, 0.717) is 18.0 Å². The Morgan fingerprint density at radius 3 is 2.60 bits per heavy atom. The minimum absolute atomic E-state index is 0.123. The molecule has 2 aromatic rings. The van der Waals surface area contributed by atoms with Gasteiger partial charge in [-0.2, -0.15) is 0 Å². The van der Waals surface area contributed by atoms with Gasteiger partial charge in [0.15, 0.2) is 5.89 Å². The molecule has 0 aliphatic rings. The highest BCUT2D eigenvalue weighted by molar-refractivity contribution is 5.87. The third kappa shape index (κ3) is 3.45. The summed E-state index contributed by atoms with van der Waals surface area (Å²) in [4.78, 5) is 15.9. The van der Waals surface area contributed by atoms with Crippen LogP contribution in [-0.2, 0) is 28.9 Å². The van der Waals surface area contributed by atoms with Crippen molar-refractivity contribution in [2.75, 3.05) is 14.2 Å². The van der Waals surface area contributed by atoms with Gasteiger partial charge in [0.2, 0.25) is 5.76 Å². The Morgan fingerprint density at radius 2 is 1.95 bits per heavy atom. The smallest absolute Gasteiger partial charge is 0.376 e. The summed E-state index contributed by atoms with van der Waals surface area (Å²) >= 11 is 0. The summed E-state index contributed by atoms with van der Waals surface area (Å²) in [5, 5.41) is 0. The fourth-order valence-corrected chi connectivity index (χ4v) is 1.89. The molecule has 5 heteroatoms. The van der Waals surface area contributed by atoms with Crippen LogP contribution in [0.4, 0.5) is 0 Å². The van der Waals surface area contributed by atoms with Crippen molar-refractivity contribution < 1.29 is 18.7 Å². The van der Waals surface area contributed by atoms with E-state index in [0.717, 1.165) is 6.42 Å². The monoisotopic (exact) mass is 275 g/mol. The van der Waals surface area contributed by atoms with Gasteiger partial charge in [-0.15, -0.1) is 0 Å². The van der Waals surface area contributed by atoms with Crippen LogP contribution in [0, 0.1) is 0 Å². The summed E-state index contributed by atoms with van der Waals surface area (Å²) in [6, 6.07) is 10.0. The van der Waals surface area contributed by atoms with Gasteiger partial charge in [0.05, 0.1) is 13.7 Å². The highest BCUT2D eigenvalue weighted by Gasteiger charge is 2.20. The number of rotatable bonds is 6. The van der Waals surface area contributed by atoms with Crippen LogP contribution in [0.2, 0.25) is 0 Å². The van der Waals surface area contributed by atoms with Gasteiger partial charge in [-0.1, -0.05) is 30.3 Å². The Kier molecular flexibility index (Phi) is 4.90. The molecule has 1 aromatic heterocycles. The predicted octanol–water partition coefficient (Wildman–Crippen LogP) is 2.39. The number of aromatic nitrogens is 1. The molecule has 1 heterocycles. The molecule has 20 heavy (non-hydrogen) atoms. The number of ether oxygens (including phenoxy) is 2. The maximum Gasteiger partial charge on any atom is 0.376 e. The SMILES string of the molecule is COCc1nc(CCc2ccccc2)oc1C(=O)OC. The van der Waals surface area contributed by atoms with Gasteiger partial charge < -0.3 is 13.9 Å². The number of carbonyl (C=O) groups is 1. The fourth-order valence-electron chi connectivity index (χ4n) is 1.89. The number of aryl methyl sites for hydroxylation is 2. The van der Waals surface area contributed by atoms with Crippen molar-refractivity contribution in [3.05, 3.63) is 53.2 Å². The van der Waals surface area contributed by atoms with Gasteiger partial charge >= 0.3 is 5.97 Å². The van der Waals surface area contributed by atoms with E-state index in [1.165, 1.54) is 12.7 Å². The second kappa shape index (κ2) is 6.86. The first-order valence-electron chi connectivity index (χ1n) is 6.34. The van der Waals surface area contributed by atoms with Crippen LogP contribution in [-0.4, -0.2) is 25.2 Å². The molecule has 0 fully saturated rings. The largest absolute Gasteiger partial charge is 0.463 e. The molecule has 0 amide bonds. The topological polar surface area (TPSA) is 61.6 Å². The average Bonchev–Trinajstić information content (AvgIpc) is 2.89. The summed E-state index contributed by atoms with van der Waals surface area (Å²) in [5.41, 5.74) is 1.67. The average molecular weight is 275 g/mol. The summed E-state index contributed by atoms with van der Waals surface area (Å²) in [6.07, 6.45) is 1.42. The molecular formula is C15H17NO4. The maximum atomic E-state index is 11.6. The number of hydrogen-bond donors (Lipinski definition) is 0. The molecule has 0 atom stereocenters. The van der Waals surface area contributed by atoms with Crippen LogP contribution in [0.3, 0.4) is 0 Å². The number of carbonyl (C=O) groups excluding carboxylic acids is 1. The van der Waals surface area contributed by atoms with E-state index < -0.39 is 5.97 Å². The van der Waals surface area contributed by atoms with Gasteiger partial charge in [-0.25, -0.2) is 9.78 Å². The Balaban J connectivity index is 2.10. The molecule has 1 aromatic carbocycles. The van der Waals surface area contributed by atoms with Gasteiger partial charge in [-0.05, 0) is 12.0 Å². The molecular weight excluding hydrogens is 258 g/mol. The molecule has 0 N–H and O–H groups in total. The van der Waals surface area contributed by atoms with Crippen LogP contribution >= 0.6 is 0 Å². The van der Waals surface area contributed by atoms with Crippen molar-refractivity contribution in [2.24, 2.45) is 0 Å². The zero-order chi connectivity index (χ0) is 14.4. The first kappa shape index (κ1) is 14.3. The van der Waals surface area contributed by atoms with Crippen molar-refractivity contribution >= 4 is 5.97 Å². The lowest BCUT2D eigenvalue weighted by molar-refractivity contribution is 0.0556. The second-order valence-corrected chi connectivity index (χ2v) is 4.29. The standard InChI is InChI=1S/C15H17NO4/c1-18-10-12-14(15(17)19-2)20-13(16-12)9-8-11-6-4-3-5-7-11/h3-7H,8-10H2,1-2H3. The number of oxazole rings is 1. The fraction of sp³-hybridized carbons (Fsp3) is 0.333. The summed E-state index contributed by atoms with van der Waals surface area (Å²) < 4.78 is 15.2. The van der Waals surface area contributed by atoms with Crippen molar-refractivity contribution in [3.63, 3.8) is 0 Å². The third-order valence-corrected chi connectivity index (χ3v) is 2.86. The third-order valence-electron chi connectivity index (χ3n) is 2.86. The van der Waals surface area contributed by atoms with Crippen LogP contribution in [0.1, 0.15) is 27.7 Å². The van der Waals surface area contributed by atoms with Gasteiger partial charge in [-0.3, -0.25) is 0 Å². The van der Waals surface area contributed by atoms with Crippen LogP contribution in [0.15, 0.2) is 34.7 Å². The summed E-state index contributed by atoms with van der Waals surface area (Å²) in [5.74, 6) is 0.106. The predicted molar refractivity (Wildman–Crippen MR) is 72.4 cm³/mol. The second-order valence-electron chi connectivity index (χ2n) is 4.29. The lowest BCUT2D eigenvalue weighted by Crippen LogP contribution is -2.04. The molecule has 0 spiro atoms. The molecule has 0 unspecified atom stereocenters. The first-order valence-corrected chi connectivity index (χ1v) is 6.34. The zero-order valence-electron chi connectivity index (χ0n) is 11.6. The molecule has 2 rings (SSSR count). The Morgan fingerprint density at radius 1 is 1.20 bits per heavy atom. The van der Waals surface area contributed by atoms with Gasteiger partial charge in [0, 0.05) is 13.5 Å². The quantitative estimate of drug-likeness (QED) is 0.757. The van der Waals surface area contributed by atoms with E-state index in [4.69, 9.17) is 9.15 Å². The molecule has 0 aliphatic heterocycles.